The van der Waals surface area contributed by atoms with Crippen molar-refractivity contribution in [2.24, 2.45) is 28.6 Å². The van der Waals surface area contributed by atoms with E-state index in [0.717, 1.165) is 5.57 Å². The molecular weight excluding hydrogens is 540 g/mol. The third kappa shape index (κ3) is 4.18. The second-order valence-electron chi connectivity index (χ2n) is 13.7. The average molecular weight is 585 g/mol. The number of ether oxygens (including phenoxy) is 4. The van der Waals surface area contributed by atoms with Gasteiger partial charge in [-0.1, -0.05) is 58.4 Å². The highest BCUT2D eigenvalue weighted by Gasteiger charge is 2.77. The number of aliphatic hydroxyl groups excluding tert-OH is 1. The first-order valence-corrected chi connectivity index (χ1v) is 14.9. The molecule has 3 aliphatic carbocycles. The summed E-state index contributed by atoms with van der Waals surface area (Å²) in [6, 6.07) is 8.51. The minimum Gasteiger partial charge on any atom is -0.461 e. The van der Waals surface area contributed by atoms with Crippen LogP contribution >= 0.6 is 0 Å². The third-order valence-electron chi connectivity index (χ3n) is 11.2. The summed E-state index contributed by atoms with van der Waals surface area (Å²) in [5, 5.41) is 24.5. The molecule has 5 rings (SSSR count). The molecule has 2 N–H and O–H groups in total. The van der Waals surface area contributed by atoms with Crippen LogP contribution in [0.25, 0.3) is 0 Å². The van der Waals surface area contributed by atoms with Gasteiger partial charge in [-0.2, -0.15) is 0 Å². The molecule has 230 valence electrons. The molecule has 0 aromatic heterocycles. The lowest BCUT2D eigenvalue weighted by molar-refractivity contribution is -0.357. The standard InChI is InChI=1S/C33H44O9/c1-17-14-24-32(16-39-24,42-21(5)35)26-28(41-29(37)22-12-10-9-11-13-22)33(38)15-23(36)18(2)25(30(33,6)7)19(3)27(31(17,26)8)40-20(4)34/h9-13,17,19,23-24,26-28,36,38H,14-16H2,1-8H3/t17-,19+,23-,24+,26?,27+,28-,31+,32-,33+/m0/s1. The van der Waals surface area contributed by atoms with Crippen LogP contribution < -0.4 is 0 Å². The van der Waals surface area contributed by atoms with Crippen LogP contribution in [0.5, 0.6) is 0 Å². The summed E-state index contributed by atoms with van der Waals surface area (Å²) in [7, 11) is 0. The normalized spacial score (nSPS) is 42.1. The fraction of sp³-hybridized carbons (Fsp3) is 0.667. The molecule has 0 amide bonds. The summed E-state index contributed by atoms with van der Waals surface area (Å²) in [6.45, 7) is 14.3. The van der Waals surface area contributed by atoms with Gasteiger partial charge in [0.25, 0.3) is 0 Å². The zero-order valence-corrected chi connectivity index (χ0v) is 25.8. The Morgan fingerprint density at radius 3 is 2.17 bits per heavy atom. The smallest absolute Gasteiger partial charge is 0.338 e. The van der Waals surface area contributed by atoms with Crippen molar-refractivity contribution < 1.29 is 43.5 Å². The van der Waals surface area contributed by atoms with E-state index in [4.69, 9.17) is 18.9 Å². The van der Waals surface area contributed by atoms with Gasteiger partial charge in [-0.3, -0.25) is 9.59 Å². The molecule has 1 aromatic rings. The van der Waals surface area contributed by atoms with E-state index in [0.29, 0.717) is 17.6 Å². The van der Waals surface area contributed by atoms with Crippen molar-refractivity contribution in [3.63, 3.8) is 0 Å². The SMILES string of the molecule is CC(=O)O[C@@H]1[C@H](C)C2=C(C)[C@@H](O)C[C@@](O)([C@@H](OC(=O)c3ccccc3)C3[C@@]1(C)[C@@H](C)C[C@H]1OC[C@@]31OC(C)=O)C2(C)C. The van der Waals surface area contributed by atoms with Crippen molar-refractivity contribution in [3.05, 3.63) is 47.0 Å². The van der Waals surface area contributed by atoms with Crippen molar-refractivity contribution in [1.29, 1.82) is 0 Å². The number of esters is 3. The molecule has 0 spiro atoms. The van der Waals surface area contributed by atoms with Gasteiger partial charge >= 0.3 is 17.9 Å². The maximum absolute atomic E-state index is 13.9. The lowest BCUT2D eigenvalue weighted by Crippen LogP contribution is -2.81. The molecule has 3 fully saturated rings. The van der Waals surface area contributed by atoms with Crippen LogP contribution in [0, 0.1) is 28.6 Å². The van der Waals surface area contributed by atoms with E-state index in [1.54, 1.807) is 30.3 Å². The molecule has 1 unspecified atom stereocenters. The number of rotatable bonds is 4. The first-order valence-electron chi connectivity index (χ1n) is 14.9. The highest BCUT2D eigenvalue weighted by atomic mass is 16.6. The van der Waals surface area contributed by atoms with Crippen molar-refractivity contribution in [3.8, 4) is 0 Å². The maximum atomic E-state index is 13.9. The zero-order chi connectivity index (χ0) is 31.0. The molecule has 1 aliphatic heterocycles. The number of carbonyl (C=O) groups is 3. The van der Waals surface area contributed by atoms with Crippen LogP contribution in [0.3, 0.4) is 0 Å². The fourth-order valence-electron chi connectivity index (χ4n) is 9.10. The molecule has 2 saturated carbocycles. The Labute approximate surface area is 247 Å². The van der Waals surface area contributed by atoms with Gasteiger partial charge in [-0.05, 0) is 37.0 Å². The second kappa shape index (κ2) is 10.2. The van der Waals surface area contributed by atoms with Crippen molar-refractivity contribution >= 4 is 17.9 Å². The van der Waals surface area contributed by atoms with Gasteiger partial charge in [0.15, 0.2) is 5.60 Å². The zero-order valence-electron chi connectivity index (χ0n) is 25.8. The number of hydrogen-bond acceptors (Lipinski definition) is 9. The fourth-order valence-corrected chi connectivity index (χ4v) is 9.10. The van der Waals surface area contributed by atoms with Crippen molar-refractivity contribution in [2.75, 3.05) is 6.61 Å². The summed E-state index contributed by atoms with van der Waals surface area (Å²) >= 11 is 0. The molecule has 9 nitrogen and oxygen atoms in total. The molecule has 9 heteroatoms. The van der Waals surface area contributed by atoms with Gasteiger partial charge in [-0.15, -0.1) is 0 Å². The predicted molar refractivity (Wildman–Crippen MR) is 152 cm³/mol. The van der Waals surface area contributed by atoms with E-state index in [1.165, 1.54) is 13.8 Å². The van der Waals surface area contributed by atoms with E-state index in [2.05, 4.69) is 0 Å². The molecule has 1 aromatic carbocycles. The number of hydrogen-bond donors (Lipinski definition) is 2. The molecule has 1 heterocycles. The number of benzene rings is 1. The highest BCUT2D eigenvalue weighted by Crippen LogP contribution is 2.67. The van der Waals surface area contributed by atoms with Crippen molar-refractivity contribution in [2.45, 2.75) is 104 Å². The largest absolute Gasteiger partial charge is 0.461 e. The van der Waals surface area contributed by atoms with Crippen molar-refractivity contribution in [1.82, 2.24) is 0 Å². The Balaban J connectivity index is 1.85. The van der Waals surface area contributed by atoms with Gasteiger partial charge in [0.2, 0.25) is 0 Å². The Kier molecular flexibility index (Phi) is 7.43. The van der Waals surface area contributed by atoms with E-state index in [-0.39, 0.29) is 18.9 Å². The van der Waals surface area contributed by atoms with E-state index in [1.807, 2.05) is 41.5 Å². The predicted octanol–water partition coefficient (Wildman–Crippen LogP) is 3.99. The van der Waals surface area contributed by atoms with Gasteiger partial charge < -0.3 is 29.2 Å². The van der Waals surface area contributed by atoms with E-state index in [9.17, 15) is 24.6 Å². The lowest BCUT2D eigenvalue weighted by atomic mass is 9.42. The second-order valence-corrected chi connectivity index (χ2v) is 13.7. The van der Waals surface area contributed by atoms with Crippen LogP contribution in [0.2, 0.25) is 0 Å². The van der Waals surface area contributed by atoms with Crippen LogP contribution in [0.1, 0.15) is 78.6 Å². The monoisotopic (exact) mass is 584 g/mol. The number of fused-ring (bicyclic) bond motifs is 5. The minimum absolute atomic E-state index is 0.0333. The summed E-state index contributed by atoms with van der Waals surface area (Å²) in [6.07, 6.45) is -3.19. The molecule has 4 aliphatic rings. The summed E-state index contributed by atoms with van der Waals surface area (Å²) in [5.74, 6) is -3.12. The summed E-state index contributed by atoms with van der Waals surface area (Å²) in [4.78, 5) is 39.3. The molecule has 1 saturated heterocycles. The topological polar surface area (TPSA) is 129 Å². The van der Waals surface area contributed by atoms with E-state index >= 15 is 0 Å². The maximum Gasteiger partial charge on any atom is 0.338 e. The minimum atomic E-state index is -1.79. The first-order chi connectivity index (χ1) is 19.5. The van der Waals surface area contributed by atoms with E-state index < -0.39 is 76.2 Å². The van der Waals surface area contributed by atoms with Crippen LogP contribution in [0.15, 0.2) is 41.5 Å². The van der Waals surface area contributed by atoms with Gasteiger partial charge in [0.05, 0.1) is 24.2 Å². The molecule has 42 heavy (non-hydrogen) atoms. The summed E-state index contributed by atoms with van der Waals surface area (Å²) in [5.41, 5.74) is -3.31. The molecular formula is C33H44O9. The Bertz CT molecular complexity index is 1300. The Morgan fingerprint density at radius 1 is 0.976 bits per heavy atom. The number of aliphatic hydroxyl groups is 2. The average Bonchev–Trinajstić information content (AvgIpc) is 2.90. The quantitative estimate of drug-likeness (QED) is 0.307. The molecule has 2 bridgehead atoms. The first kappa shape index (κ1) is 30.7. The Hall–Kier alpha value is -2.75. The van der Waals surface area contributed by atoms with Gasteiger partial charge in [0.1, 0.15) is 23.9 Å². The highest BCUT2D eigenvalue weighted by molar-refractivity contribution is 5.89. The van der Waals surface area contributed by atoms with Crippen LogP contribution in [0.4, 0.5) is 0 Å². The third-order valence-corrected chi connectivity index (χ3v) is 11.2. The number of carbonyl (C=O) groups excluding carboxylic acids is 3. The molecule has 0 radical (unpaired) electrons. The van der Waals surface area contributed by atoms with Crippen LogP contribution in [-0.2, 0) is 28.5 Å². The van der Waals surface area contributed by atoms with Gasteiger partial charge in [-0.25, -0.2) is 4.79 Å². The Morgan fingerprint density at radius 2 is 1.62 bits per heavy atom. The van der Waals surface area contributed by atoms with Crippen LogP contribution in [-0.4, -0.2) is 70.3 Å². The lowest BCUT2D eigenvalue weighted by Gasteiger charge is -2.70. The molecule has 10 atom stereocenters. The summed E-state index contributed by atoms with van der Waals surface area (Å²) < 4.78 is 24.9. The van der Waals surface area contributed by atoms with Gasteiger partial charge in [0, 0.05) is 37.0 Å².